The molecular weight excluding hydrogens is 370 g/mol. The highest BCUT2D eigenvalue weighted by atomic mass is 16.5. The molecule has 1 fully saturated rings. The lowest BCUT2D eigenvalue weighted by molar-refractivity contribution is -0.152. The number of carbonyl (C=O) groups excluding carboxylic acids is 2. The molecule has 29 heavy (non-hydrogen) atoms. The van der Waals surface area contributed by atoms with Gasteiger partial charge < -0.3 is 19.0 Å². The third-order valence-electron chi connectivity index (χ3n) is 5.24. The van der Waals surface area contributed by atoms with Crippen LogP contribution in [-0.4, -0.2) is 43.6 Å². The van der Waals surface area contributed by atoms with Gasteiger partial charge in [-0.15, -0.1) is 0 Å². The Kier molecular flexibility index (Phi) is 5.46. The molecule has 0 saturated carbocycles. The normalized spacial score (nSPS) is 14.7. The molecule has 0 spiro atoms. The number of esters is 1. The van der Waals surface area contributed by atoms with Gasteiger partial charge in [0.05, 0.1) is 5.92 Å². The maximum atomic E-state index is 12.4. The summed E-state index contributed by atoms with van der Waals surface area (Å²) in [6, 6.07) is 17.5. The molecule has 150 valence electrons. The van der Waals surface area contributed by atoms with E-state index in [9.17, 15) is 9.59 Å². The van der Waals surface area contributed by atoms with Gasteiger partial charge in [0.2, 0.25) is 0 Å². The molecule has 0 N–H and O–H groups in total. The Bertz CT molecular complexity index is 960. The molecule has 0 radical (unpaired) electrons. The van der Waals surface area contributed by atoms with Crippen molar-refractivity contribution in [3.8, 4) is 0 Å². The van der Waals surface area contributed by atoms with Crippen molar-refractivity contribution in [3.05, 3.63) is 54.6 Å². The van der Waals surface area contributed by atoms with E-state index in [0.717, 1.165) is 16.8 Å². The number of likely N-dealkylation sites (N-methyl/N-ethyl adjacent to an activating group) is 1. The summed E-state index contributed by atoms with van der Waals surface area (Å²) >= 11 is 0. The smallest absolute Gasteiger partial charge is 0.309 e. The largest absolute Gasteiger partial charge is 0.455 e. The second kappa shape index (κ2) is 8.34. The number of ether oxygens (including phenoxy) is 1. The first-order chi connectivity index (χ1) is 14.1. The molecule has 0 aliphatic carbocycles. The van der Waals surface area contributed by atoms with Crippen LogP contribution < -0.4 is 9.80 Å². The van der Waals surface area contributed by atoms with Crippen molar-refractivity contribution in [1.82, 2.24) is 4.98 Å². The van der Waals surface area contributed by atoms with Crippen LogP contribution in [0, 0.1) is 5.92 Å². The predicted octanol–water partition coefficient (Wildman–Crippen LogP) is 3.25. The number of piperidine rings is 1. The SMILES string of the molecule is CN(C(=O)COC(=O)C1CCN(c2nc3ccccc3o2)CC1)c1ccccc1. The first-order valence-corrected chi connectivity index (χ1v) is 9.70. The molecule has 0 unspecified atom stereocenters. The molecule has 2 aromatic carbocycles. The lowest BCUT2D eigenvalue weighted by atomic mass is 9.97. The van der Waals surface area contributed by atoms with E-state index in [1.54, 1.807) is 7.05 Å². The van der Waals surface area contributed by atoms with Crippen LogP contribution in [0.4, 0.5) is 11.7 Å². The Hall–Kier alpha value is -3.35. The quantitative estimate of drug-likeness (QED) is 0.620. The molecule has 2 heterocycles. The Balaban J connectivity index is 1.27. The average molecular weight is 393 g/mol. The molecule has 1 aromatic heterocycles. The van der Waals surface area contributed by atoms with E-state index in [2.05, 4.69) is 4.98 Å². The standard InChI is InChI=1S/C22H23N3O4/c1-24(17-7-3-2-4-8-17)20(26)15-28-21(27)16-11-13-25(14-12-16)22-23-18-9-5-6-10-19(18)29-22/h2-10,16H,11-15H2,1H3. The number of amides is 1. The fourth-order valence-corrected chi connectivity index (χ4v) is 3.44. The minimum atomic E-state index is -0.322. The number of para-hydroxylation sites is 3. The molecule has 1 aliphatic heterocycles. The second-order valence-corrected chi connectivity index (χ2v) is 7.12. The van der Waals surface area contributed by atoms with Crippen molar-refractivity contribution in [1.29, 1.82) is 0 Å². The first-order valence-electron chi connectivity index (χ1n) is 9.70. The third-order valence-corrected chi connectivity index (χ3v) is 5.24. The topological polar surface area (TPSA) is 75.9 Å². The third kappa shape index (κ3) is 4.23. The van der Waals surface area contributed by atoms with Crippen LogP contribution in [-0.2, 0) is 14.3 Å². The number of oxazole rings is 1. The van der Waals surface area contributed by atoms with E-state index in [1.807, 2.05) is 59.5 Å². The number of hydrogen-bond donors (Lipinski definition) is 0. The maximum Gasteiger partial charge on any atom is 0.309 e. The van der Waals surface area contributed by atoms with Gasteiger partial charge in [0.1, 0.15) is 5.52 Å². The van der Waals surface area contributed by atoms with Gasteiger partial charge in [0.25, 0.3) is 11.9 Å². The summed E-state index contributed by atoms with van der Waals surface area (Å²) in [6.45, 7) is 1.06. The zero-order chi connectivity index (χ0) is 20.2. The van der Waals surface area contributed by atoms with Gasteiger partial charge in [-0.1, -0.05) is 30.3 Å². The lowest BCUT2D eigenvalue weighted by Gasteiger charge is -2.29. The van der Waals surface area contributed by atoms with Crippen molar-refractivity contribution in [3.63, 3.8) is 0 Å². The van der Waals surface area contributed by atoms with E-state index in [-0.39, 0.29) is 24.4 Å². The number of anilines is 2. The molecule has 1 amide bonds. The summed E-state index contributed by atoms with van der Waals surface area (Å²) < 4.78 is 11.1. The number of hydrogen-bond acceptors (Lipinski definition) is 6. The number of fused-ring (bicyclic) bond motifs is 1. The fraction of sp³-hybridized carbons (Fsp3) is 0.318. The zero-order valence-electron chi connectivity index (χ0n) is 16.3. The van der Waals surface area contributed by atoms with Crippen LogP contribution in [0.15, 0.2) is 59.0 Å². The van der Waals surface area contributed by atoms with Gasteiger partial charge in [0.15, 0.2) is 12.2 Å². The van der Waals surface area contributed by atoms with E-state index >= 15 is 0 Å². The number of nitrogens with zero attached hydrogens (tertiary/aromatic N) is 3. The second-order valence-electron chi connectivity index (χ2n) is 7.12. The molecule has 0 bridgehead atoms. The van der Waals surface area contributed by atoms with Crippen molar-refractivity contribution < 1.29 is 18.7 Å². The minimum absolute atomic E-state index is 0.217. The van der Waals surface area contributed by atoms with Crippen LogP contribution in [0.2, 0.25) is 0 Å². The van der Waals surface area contributed by atoms with Crippen LogP contribution in [0.1, 0.15) is 12.8 Å². The number of rotatable bonds is 5. The molecule has 4 rings (SSSR count). The summed E-state index contributed by atoms with van der Waals surface area (Å²) in [4.78, 5) is 32.7. The Morgan fingerprint density at radius 1 is 1.10 bits per heavy atom. The van der Waals surface area contributed by atoms with Gasteiger partial charge in [-0.05, 0) is 37.1 Å². The number of aromatic nitrogens is 1. The lowest BCUT2D eigenvalue weighted by Crippen LogP contribution is -2.38. The van der Waals surface area contributed by atoms with Crippen molar-refractivity contribution in [2.45, 2.75) is 12.8 Å². The highest BCUT2D eigenvalue weighted by Gasteiger charge is 2.29. The summed E-state index contributed by atoms with van der Waals surface area (Å²) in [5.74, 6) is -0.795. The van der Waals surface area contributed by atoms with Gasteiger partial charge in [-0.3, -0.25) is 9.59 Å². The van der Waals surface area contributed by atoms with Gasteiger partial charge in [-0.25, -0.2) is 0 Å². The minimum Gasteiger partial charge on any atom is -0.455 e. The van der Waals surface area contributed by atoms with E-state index in [4.69, 9.17) is 9.15 Å². The molecule has 3 aromatic rings. The molecule has 0 atom stereocenters. The van der Waals surface area contributed by atoms with Crippen LogP contribution in [0.3, 0.4) is 0 Å². The first kappa shape index (κ1) is 19.0. The van der Waals surface area contributed by atoms with Crippen molar-refractivity contribution in [2.24, 2.45) is 5.92 Å². The Morgan fingerprint density at radius 3 is 2.52 bits per heavy atom. The molecule has 7 nitrogen and oxygen atoms in total. The van der Waals surface area contributed by atoms with E-state index in [0.29, 0.717) is 31.9 Å². The fourth-order valence-electron chi connectivity index (χ4n) is 3.44. The summed E-state index contributed by atoms with van der Waals surface area (Å²) in [5, 5.41) is 0. The predicted molar refractivity (Wildman–Crippen MR) is 110 cm³/mol. The van der Waals surface area contributed by atoms with E-state index < -0.39 is 0 Å². The molecule has 7 heteroatoms. The molecular formula is C22H23N3O4. The number of carbonyl (C=O) groups is 2. The van der Waals surface area contributed by atoms with Gasteiger partial charge in [-0.2, -0.15) is 4.98 Å². The van der Waals surface area contributed by atoms with Crippen molar-refractivity contribution >= 4 is 34.7 Å². The zero-order valence-corrected chi connectivity index (χ0v) is 16.3. The summed E-state index contributed by atoms with van der Waals surface area (Å²) in [6.07, 6.45) is 1.28. The monoisotopic (exact) mass is 393 g/mol. The van der Waals surface area contributed by atoms with Crippen LogP contribution in [0.5, 0.6) is 0 Å². The van der Waals surface area contributed by atoms with Crippen LogP contribution >= 0.6 is 0 Å². The molecule has 1 saturated heterocycles. The van der Waals surface area contributed by atoms with Crippen molar-refractivity contribution in [2.75, 3.05) is 36.5 Å². The summed E-state index contributed by atoms with van der Waals surface area (Å²) in [5.41, 5.74) is 2.34. The maximum absolute atomic E-state index is 12.4. The van der Waals surface area contributed by atoms with E-state index in [1.165, 1.54) is 4.90 Å². The highest BCUT2D eigenvalue weighted by molar-refractivity contribution is 5.94. The average Bonchev–Trinajstić information content (AvgIpc) is 3.22. The number of benzene rings is 2. The highest BCUT2D eigenvalue weighted by Crippen LogP contribution is 2.26. The van der Waals surface area contributed by atoms with Crippen LogP contribution in [0.25, 0.3) is 11.1 Å². The van der Waals surface area contributed by atoms with Gasteiger partial charge >= 0.3 is 5.97 Å². The Morgan fingerprint density at radius 2 is 1.79 bits per heavy atom. The summed E-state index contributed by atoms with van der Waals surface area (Å²) in [7, 11) is 1.67. The Labute approximate surface area is 168 Å². The van der Waals surface area contributed by atoms with Gasteiger partial charge in [0, 0.05) is 25.8 Å². The molecule has 1 aliphatic rings.